The summed E-state index contributed by atoms with van der Waals surface area (Å²) < 4.78 is 26.4. The Bertz CT molecular complexity index is 775. The molecule has 21 heavy (non-hydrogen) atoms. The van der Waals surface area contributed by atoms with Crippen LogP contribution in [0.15, 0.2) is 53.7 Å². The number of nitrogens with zero attached hydrogens (tertiary/aromatic N) is 2. The molecular formula is C14H13N3O3S. The fourth-order valence-corrected chi connectivity index (χ4v) is 3.53. The summed E-state index contributed by atoms with van der Waals surface area (Å²) in [7, 11) is -3.75. The van der Waals surface area contributed by atoms with Crippen molar-refractivity contribution in [3.05, 3.63) is 54.4 Å². The van der Waals surface area contributed by atoms with E-state index < -0.39 is 10.0 Å². The Kier molecular flexibility index (Phi) is 3.44. The van der Waals surface area contributed by atoms with Gasteiger partial charge in [0.2, 0.25) is 15.9 Å². The van der Waals surface area contributed by atoms with Crippen LogP contribution in [0.3, 0.4) is 0 Å². The van der Waals surface area contributed by atoms with Crippen molar-refractivity contribution in [2.24, 2.45) is 0 Å². The van der Waals surface area contributed by atoms with Crippen molar-refractivity contribution in [3.8, 4) is 0 Å². The Morgan fingerprint density at radius 1 is 1.10 bits per heavy atom. The molecule has 1 aromatic heterocycles. The monoisotopic (exact) mass is 303 g/mol. The predicted octanol–water partition coefficient (Wildman–Crippen LogP) is 1.22. The number of carbonyl (C=O) groups excluding carboxylic acids is 1. The molecule has 1 N–H and O–H groups in total. The Labute approximate surface area is 122 Å². The van der Waals surface area contributed by atoms with Gasteiger partial charge in [0.05, 0.1) is 6.54 Å². The van der Waals surface area contributed by atoms with E-state index in [4.69, 9.17) is 0 Å². The van der Waals surface area contributed by atoms with Crippen LogP contribution >= 0.6 is 0 Å². The summed E-state index contributed by atoms with van der Waals surface area (Å²) in [5.74, 6) is -0.354. The topological polar surface area (TPSA) is 79.4 Å². The molecule has 0 saturated heterocycles. The Hall–Kier alpha value is -2.25. The molecule has 0 atom stereocenters. The summed E-state index contributed by atoms with van der Waals surface area (Å²) in [5, 5.41) is 2.72. The molecule has 0 fully saturated rings. The molecule has 6 nitrogen and oxygen atoms in total. The van der Waals surface area contributed by atoms with Crippen molar-refractivity contribution < 1.29 is 13.2 Å². The molecule has 0 spiro atoms. The maximum Gasteiger partial charge on any atom is 0.245 e. The average molecular weight is 303 g/mol. The molecule has 0 saturated carbocycles. The van der Waals surface area contributed by atoms with Gasteiger partial charge in [-0.1, -0.05) is 18.2 Å². The van der Waals surface area contributed by atoms with Crippen LogP contribution in [0, 0.1) is 0 Å². The quantitative estimate of drug-likeness (QED) is 0.905. The molecule has 3 rings (SSSR count). The largest absolute Gasteiger partial charge is 0.325 e. The van der Waals surface area contributed by atoms with Crippen molar-refractivity contribution >= 4 is 21.6 Å². The number of anilines is 1. The second-order valence-corrected chi connectivity index (χ2v) is 6.61. The highest BCUT2D eigenvalue weighted by Gasteiger charge is 2.29. The van der Waals surface area contributed by atoms with Gasteiger partial charge in [-0.15, -0.1) is 0 Å². The Balaban J connectivity index is 2.01. The summed E-state index contributed by atoms with van der Waals surface area (Å²) in [6.07, 6.45) is 2.79. The van der Waals surface area contributed by atoms with Gasteiger partial charge in [-0.05, 0) is 23.8 Å². The number of benzene rings is 1. The first-order valence-electron chi connectivity index (χ1n) is 6.35. The molecule has 2 aromatic rings. The van der Waals surface area contributed by atoms with Crippen LogP contribution in [0.2, 0.25) is 0 Å². The van der Waals surface area contributed by atoms with Gasteiger partial charge in [0, 0.05) is 24.6 Å². The molecule has 0 unspecified atom stereocenters. The van der Waals surface area contributed by atoms with E-state index in [1.165, 1.54) is 18.5 Å². The number of aromatic nitrogens is 1. The number of carbonyl (C=O) groups is 1. The maximum atomic E-state index is 12.6. The molecule has 0 bridgehead atoms. The number of amides is 1. The smallest absolute Gasteiger partial charge is 0.245 e. The lowest BCUT2D eigenvalue weighted by Gasteiger charge is -2.18. The van der Waals surface area contributed by atoms with Crippen molar-refractivity contribution in [3.63, 3.8) is 0 Å². The third-order valence-electron chi connectivity index (χ3n) is 3.23. The zero-order valence-electron chi connectivity index (χ0n) is 11.1. The van der Waals surface area contributed by atoms with Gasteiger partial charge in [0.1, 0.15) is 4.90 Å². The van der Waals surface area contributed by atoms with Gasteiger partial charge in [0.15, 0.2) is 0 Å². The lowest BCUT2D eigenvalue weighted by molar-refractivity contribution is -0.116. The summed E-state index contributed by atoms with van der Waals surface area (Å²) in [6, 6.07) is 10.2. The van der Waals surface area contributed by atoms with Crippen molar-refractivity contribution in [1.29, 1.82) is 0 Å². The van der Waals surface area contributed by atoms with Gasteiger partial charge in [-0.25, -0.2) is 8.42 Å². The second-order valence-electron chi connectivity index (χ2n) is 4.67. The van der Waals surface area contributed by atoms with Crippen molar-refractivity contribution in [2.45, 2.75) is 11.4 Å². The third kappa shape index (κ3) is 2.65. The number of hydrogen-bond acceptors (Lipinski definition) is 4. The second kappa shape index (κ2) is 5.27. The minimum absolute atomic E-state index is 0.0807. The summed E-state index contributed by atoms with van der Waals surface area (Å²) in [4.78, 5) is 15.8. The van der Waals surface area contributed by atoms with E-state index in [0.29, 0.717) is 5.69 Å². The standard InChI is InChI=1S/C14H13N3O3S/c18-14-10-17(9-11-4-1-2-6-13(11)16-14)21(19,20)12-5-3-7-15-8-12/h1-8H,9-10H2,(H,16,18). The number of para-hydroxylation sites is 1. The number of pyridine rings is 1. The van der Waals surface area contributed by atoms with Crippen molar-refractivity contribution in [1.82, 2.24) is 9.29 Å². The van der Waals surface area contributed by atoms with Gasteiger partial charge in [-0.2, -0.15) is 4.31 Å². The molecule has 1 amide bonds. The number of nitrogens with one attached hydrogen (secondary N) is 1. The zero-order valence-corrected chi connectivity index (χ0v) is 11.9. The van der Waals surface area contributed by atoms with Crippen LogP contribution in [0.25, 0.3) is 0 Å². The molecule has 2 heterocycles. The summed E-state index contributed by atoms with van der Waals surface area (Å²) in [5.41, 5.74) is 1.40. The molecular weight excluding hydrogens is 290 g/mol. The normalized spacial score (nSPS) is 15.9. The van der Waals surface area contributed by atoms with E-state index in [-0.39, 0.29) is 23.9 Å². The van der Waals surface area contributed by atoms with E-state index in [0.717, 1.165) is 9.87 Å². The van der Waals surface area contributed by atoms with Crippen LogP contribution in [-0.2, 0) is 21.4 Å². The lowest BCUT2D eigenvalue weighted by atomic mass is 10.2. The van der Waals surface area contributed by atoms with E-state index in [1.807, 2.05) is 6.07 Å². The number of rotatable bonds is 2. The minimum atomic E-state index is -3.75. The molecule has 1 aliphatic heterocycles. The van der Waals surface area contributed by atoms with E-state index >= 15 is 0 Å². The first-order valence-corrected chi connectivity index (χ1v) is 7.79. The van der Waals surface area contributed by atoms with Gasteiger partial charge in [0.25, 0.3) is 0 Å². The Morgan fingerprint density at radius 2 is 1.90 bits per heavy atom. The van der Waals surface area contributed by atoms with Crippen LogP contribution in [0.1, 0.15) is 5.56 Å². The molecule has 1 aliphatic rings. The van der Waals surface area contributed by atoms with E-state index in [9.17, 15) is 13.2 Å². The summed E-state index contributed by atoms with van der Waals surface area (Å²) >= 11 is 0. The van der Waals surface area contributed by atoms with Gasteiger partial charge < -0.3 is 5.32 Å². The van der Waals surface area contributed by atoms with Gasteiger partial charge >= 0.3 is 0 Å². The highest BCUT2D eigenvalue weighted by atomic mass is 32.2. The van der Waals surface area contributed by atoms with Crippen LogP contribution in [-0.4, -0.2) is 30.2 Å². The van der Waals surface area contributed by atoms with Gasteiger partial charge in [-0.3, -0.25) is 9.78 Å². The molecule has 7 heteroatoms. The Morgan fingerprint density at radius 3 is 2.67 bits per heavy atom. The third-order valence-corrected chi connectivity index (χ3v) is 5.01. The van der Waals surface area contributed by atoms with Crippen molar-refractivity contribution in [2.75, 3.05) is 11.9 Å². The van der Waals surface area contributed by atoms with E-state index in [1.54, 1.807) is 24.3 Å². The van der Waals surface area contributed by atoms with E-state index in [2.05, 4.69) is 10.3 Å². The highest BCUT2D eigenvalue weighted by molar-refractivity contribution is 7.89. The fraction of sp³-hybridized carbons (Fsp3) is 0.143. The first kappa shape index (κ1) is 13.7. The molecule has 0 aliphatic carbocycles. The number of sulfonamides is 1. The maximum absolute atomic E-state index is 12.6. The van der Waals surface area contributed by atoms with Crippen LogP contribution in [0.4, 0.5) is 5.69 Å². The molecule has 0 radical (unpaired) electrons. The number of hydrogen-bond donors (Lipinski definition) is 1. The predicted molar refractivity (Wildman–Crippen MR) is 76.9 cm³/mol. The fourth-order valence-electron chi connectivity index (χ4n) is 2.19. The first-order chi connectivity index (χ1) is 10.1. The highest BCUT2D eigenvalue weighted by Crippen LogP contribution is 2.24. The van der Waals surface area contributed by atoms with Crippen LogP contribution in [0.5, 0.6) is 0 Å². The lowest BCUT2D eigenvalue weighted by Crippen LogP contribution is -2.35. The van der Waals surface area contributed by atoms with Crippen LogP contribution < -0.4 is 5.32 Å². The zero-order chi connectivity index (χ0) is 14.9. The number of fused-ring (bicyclic) bond motifs is 1. The summed E-state index contributed by atoms with van der Waals surface area (Å²) in [6.45, 7) is -0.0714. The SMILES string of the molecule is O=C1CN(S(=O)(=O)c2cccnc2)Cc2ccccc2N1. The average Bonchev–Trinajstić information content (AvgIpc) is 2.66. The minimum Gasteiger partial charge on any atom is -0.325 e. The molecule has 108 valence electrons. The molecule has 1 aromatic carbocycles.